The van der Waals surface area contributed by atoms with Gasteiger partial charge in [0, 0.05) is 30.6 Å². The lowest BCUT2D eigenvalue weighted by Gasteiger charge is -2.35. The van der Waals surface area contributed by atoms with Crippen LogP contribution >= 0.6 is 0 Å². The number of rotatable bonds is 5. The molecule has 2 aromatic carbocycles. The summed E-state index contributed by atoms with van der Waals surface area (Å²) in [5.41, 5.74) is 2.32. The maximum absolute atomic E-state index is 13.0. The summed E-state index contributed by atoms with van der Waals surface area (Å²) in [6.07, 6.45) is 1.04. The predicted molar refractivity (Wildman–Crippen MR) is 102 cm³/mol. The molecule has 2 aromatic rings. The van der Waals surface area contributed by atoms with E-state index in [-0.39, 0.29) is 36.4 Å². The van der Waals surface area contributed by atoms with E-state index in [4.69, 9.17) is 18.9 Å². The number of carbonyl (C=O) groups is 1. The normalized spacial score (nSPS) is 17.9. The molecule has 0 bridgehead atoms. The van der Waals surface area contributed by atoms with E-state index in [1.807, 2.05) is 13.1 Å². The summed E-state index contributed by atoms with van der Waals surface area (Å²) in [4.78, 5) is 15.1. The second-order valence-electron chi connectivity index (χ2n) is 6.97. The molecule has 1 N–H and O–H groups in total. The molecule has 0 saturated carbocycles. The smallest absolute Gasteiger partial charge is 0.231 e. The van der Waals surface area contributed by atoms with Crippen LogP contribution in [0, 0.1) is 0 Å². The highest BCUT2D eigenvalue weighted by Crippen LogP contribution is 2.50. The lowest BCUT2D eigenvalue weighted by Crippen LogP contribution is -2.34. The number of Topliss-reactive ketones (excluding diaryl/α,β-unsaturated/α-hetero) is 1. The van der Waals surface area contributed by atoms with Crippen molar-refractivity contribution in [2.24, 2.45) is 0 Å². The van der Waals surface area contributed by atoms with Gasteiger partial charge in [0.25, 0.3) is 0 Å². The van der Waals surface area contributed by atoms with Crippen molar-refractivity contribution in [1.29, 1.82) is 0 Å². The van der Waals surface area contributed by atoms with Crippen molar-refractivity contribution in [2.45, 2.75) is 18.9 Å². The Morgan fingerprint density at radius 3 is 2.79 bits per heavy atom. The number of ether oxygens (including phenoxy) is 4. The first kappa shape index (κ1) is 18.4. The van der Waals surface area contributed by atoms with Crippen molar-refractivity contribution in [3.05, 3.63) is 41.0 Å². The number of phenols is 1. The van der Waals surface area contributed by atoms with Gasteiger partial charge in [0.2, 0.25) is 12.5 Å². The summed E-state index contributed by atoms with van der Waals surface area (Å²) in [6, 6.07) is 6.50. The standard InChI is InChI=1S/C21H23NO6/c1-22-7-6-12-8-18-20(28-11-27-18)21(26-3)19(12)15(22)10-17(24)14-5-4-13(25-2)9-16(14)23/h4-5,8-9,15,23H,6-7,10-11H2,1-3H3/t15-/m0/s1. The highest BCUT2D eigenvalue weighted by Gasteiger charge is 2.35. The predicted octanol–water partition coefficient (Wildman–Crippen LogP) is 2.94. The second-order valence-corrected chi connectivity index (χ2v) is 6.97. The average molecular weight is 385 g/mol. The van der Waals surface area contributed by atoms with Gasteiger partial charge in [-0.2, -0.15) is 0 Å². The molecule has 0 aromatic heterocycles. The number of benzene rings is 2. The molecule has 7 heteroatoms. The Morgan fingerprint density at radius 2 is 2.07 bits per heavy atom. The minimum Gasteiger partial charge on any atom is -0.507 e. The van der Waals surface area contributed by atoms with Crippen LogP contribution in [-0.4, -0.2) is 50.4 Å². The van der Waals surface area contributed by atoms with Crippen LogP contribution in [0.25, 0.3) is 0 Å². The van der Waals surface area contributed by atoms with E-state index < -0.39 is 0 Å². The highest BCUT2D eigenvalue weighted by atomic mass is 16.7. The summed E-state index contributed by atoms with van der Waals surface area (Å²) in [5, 5.41) is 10.2. The van der Waals surface area contributed by atoms with E-state index in [0.717, 1.165) is 24.1 Å². The fourth-order valence-corrected chi connectivity index (χ4v) is 3.94. The molecule has 0 amide bonds. The number of methoxy groups -OCH3 is 2. The SMILES string of the molecule is COc1ccc(C(=O)C[C@H]2c3c(cc4c(c3OC)OCO4)CCN2C)c(O)c1. The van der Waals surface area contributed by atoms with Crippen LogP contribution in [0.3, 0.4) is 0 Å². The molecule has 2 heterocycles. The molecule has 2 aliphatic heterocycles. The van der Waals surface area contributed by atoms with Crippen molar-refractivity contribution >= 4 is 5.78 Å². The van der Waals surface area contributed by atoms with E-state index in [0.29, 0.717) is 23.0 Å². The Bertz CT molecular complexity index is 926. The molecule has 2 aliphatic rings. The van der Waals surface area contributed by atoms with Crippen LogP contribution in [0.5, 0.6) is 28.7 Å². The van der Waals surface area contributed by atoms with Gasteiger partial charge in [-0.3, -0.25) is 9.69 Å². The van der Waals surface area contributed by atoms with Crippen LogP contribution < -0.4 is 18.9 Å². The van der Waals surface area contributed by atoms with E-state index >= 15 is 0 Å². The Kier molecular flexibility index (Phi) is 4.77. The van der Waals surface area contributed by atoms with Crippen LogP contribution in [0.2, 0.25) is 0 Å². The third kappa shape index (κ3) is 3.01. The lowest BCUT2D eigenvalue weighted by atomic mass is 9.87. The first-order valence-corrected chi connectivity index (χ1v) is 9.13. The average Bonchev–Trinajstić information content (AvgIpc) is 3.16. The minimum absolute atomic E-state index is 0.0827. The van der Waals surface area contributed by atoms with Crippen LogP contribution in [-0.2, 0) is 6.42 Å². The number of carbonyl (C=O) groups excluding carboxylic acids is 1. The van der Waals surface area contributed by atoms with Gasteiger partial charge < -0.3 is 24.1 Å². The van der Waals surface area contributed by atoms with Gasteiger partial charge in [-0.25, -0.2) is 0 Å². The molecule has 0 unspecified atom stereocenters. The maximum Gasteiger partial charge on any atom is 0.231 e. The molecule has 0 aliphatic carbocycles. The zero-order valence-electron chi connectivity index (χ0n) is 16.2. The van der Waals surface area contributed by atoms with Crippen molar-refractivity contribution in [2.75, 3.05) is 34.6 Å². The Labute approximate surface area is 163 Å². The Balaban J connectivity index is 1.70. The van der Waals surface area contributed by atoms with Gasteiger partial charge in [0.05, 0.1) is 19.8 Å². The summed E-state index contributed by atoms with van der Waals surface area (Å²) < 4.78 is 21.9. The van der Waals surface area contributed by atoms with E-state index in [9.17, 15) is 9.90 Å². The molecule has 4 rings (SSSR count). The van der Waals surface area contributed by atoms with Crippen LogP contribution in [0.1, 0.15) is 33.9 Å². The fraction of sp³-hybridized carbons (Fsp3) is 0.381. The molecule has 7 nitrogen and oxygen atoms in total. The fourth-order valence-electron chi connectivity index (χ4n) is 3.94. The molecular formula is C21H23NO6. The van der Waals surface area contributed by atoms with Crippen molar-refractivity contribution in [3.8, 4) is 28.7 Å². The topological polar surface area (TPSA) is 77.5 Å². The van der Waals surface area contributed by atoms with E-state index in [1.54, 1.807) is 19.2 Å². The van der Waals surface area contributed by atoms with Crippen LogP contribution in [0.15, 0.2) is 24.3 Å². The van der Waals surface area contributed by atoms with Crippen molar-refractivity contribution in [1.82, 2.24) is 4.90 Å². The molecule has 0 fully saturated rings. The van der Waals surface area contributed by atoms with E-state index in [1.165, 1.54) is 13.2 Å². The summed E-state index contributed by atoms with van der Waals surface area (Å²) in [5.74, 6) is 2.15. The van der Waals surface area contributed by atoms with Gasteiger partial charge >= 0.3 is 0 Å². The number of nitrogens with zero attached hydrogens (tertiary/aromatic N) is 1. The molecule has 0 saturated heterocycles. The molecule has 148 valence electrons. The highest BCUT2D eigenvalue weighted by molar-refractivity contribution is 5.99. The van der Waals surface area contributed by atoms with Crippen molar-refractivity contribution < 1.29 is 28.8 Å². The Morgan fingerprint density at radius 1 is 1.25 bits per heavy atom. The van der Waals surface area contributed by atoms with Gasteiger partial charge in [-0.1, -0.05) is 0 Å². The summed E-state index contributed by atoms with van der Waals surface area (Å²) >= 11 is 0. The molecule has 0 spiro atoms. The first-order chi connectivity index (χ1) is 13.5. The summed E-state index contributed by atoms with van der Waals surface area (Å²) in [6.45, 7) is 0.968. The minimum atomic E-state index is -0.192. The van der Waals surface area contributed by atoms with Gasteiger partial charge in [0.15, 0.2) is 17.3 Å². The van der Waals surface area contributed by atoms with Gasteiger partial charge in [-0.15, -0.1) is 0 Å². The quantitative estimate of drug-likeness (QED) is 0.793. The number of fused-ring (bicyclic) bond motifs is 2. The third-order valence-electron chi connectivity index (χ3n) is 5.43. The number of aromatic hydroxyl groups is 1. The number of ketones is 1. The van der Waals surface area contributed by atoms with Gasteiger partial charge in [-0.05, 0) is 37.2 Å². The maximum atomic E-state index is 13.0. The number of hydrogen-bond donors (Lipinski definition) is 1. The first-order valence-electron chi connectivity index (χ1n) is 9.13. The monoisotopic (exact) mass is 385 g/mol. The molecule has 0 radical (unpaired) electrons. The number of hydrogen-bond acceptors (Lipinski definition) is 7. The third-order valence-corrected chi connectivity index (χ3v) is 5.43. The second kappa shape index (κ2) is 7.24. The zero-order chi connectivity index (χ0) is 19.8. The van der Waals surface area contributed by atoms with E-state index in [2.05, 4.69) is 4.90 Å². The number of phenolic OH excluding ortho intramolecular Hbond substituents is 1. The van der Waals surface area contributed by atoms with Gasteiger partial charge in [0.1, 0.15) is 11.5 Å². The molecule has 1 atom stereocenters. The number of likely N-dealkylation sites (N-methyl/N-ethyl adjacent to an activating group) is 1. The van der Waals surface area contributed by atoms with Crippen molar-refractivity contribution in [3.63, 3.8) is 0 Å². The lowest BCUT2D eigenvalue weighted by molar-refractivity contribution is 0.0923. The molecule has 28 heavy (non-hydrogen) atoms. The Hall–Kier alpha value is -2.93. The summed E-state index contributed by atoms with van der Waals surface area (Å²) in [7, 11) is 5.10. The zero-order valence-corrected chi connectivity index (χ0v) is 16.2. The molecular weight excluding hydrogens is 362 g/mol. The largest absolute Gasteiger partial charge is 0.507 e. The van der Waals surface area contributed by atoms with Crippen LogP contribution in [0.4, 0.5) is 0 Å².